The highest BCUT2D eigenvalue weighted by molar-refractivity contribution is 7.13. The number of hydrogen-bond acceptors (Lipinski definition) is 6. The van der Waals surface area contributed by atoms with E-state index in [0.29, 0.717) is 5.69 Å². The summed E-state index contributed by atoms with van der Waals surface area (Å²) in [5.74, 6) is -0.300. The van der Waals surface area contributed by atoms with Gasteiger partial charge >= 0.3 is 0 Å². The highest BCUT2D eigenvalue weighted by Crippen LogP contribution is 2.23. The number of carbonyl (C=O) groups is 1. The van der Waals surface area contributed by atoms with Crippen LogP contribution in [0.5, 0.6) is 0 Å². The first-order valence-electron chi connectivity index (χ1n) is 9.39. The first kappa shape index (κ1) is 19.7. The van der Waals surface area contributed by atoms with E-state index in [0.717, 1.165) is 21.8 Å². The number of thiazole rings is 1. The zero-order chi connectivity index (χ0) is 20.9. The Bertz CT molecular complexity index is 1200. The van der Waals surface area contributed by atoms with Crippen LogP contribution in [-0.2, 0) is 11.3 Å². The van der Waals surface area contributed by atoms with Gasteiger partial charge in [0.1, 0.15) is 11.0 Å². The quantitative estimate of drug-likeness (QED) is 0.520. The Morgan fingerprint density at radius 1 is 1.07 bits per heavy atom. The lowest BCUT2D eigenvalue weighted by Crippen LogP contribution is -2.36. The summed E-state index contributed by atoms with van der Waals surface area (Å²) < 4.78 is 1.20. The normalized spacial score (nSPS) is 11.8. The molecule has 7 nitrogen and oxygen atoms in total. The van der Waals surface area contributed by atoms with Crippen molar-refractivity contribution in [1.82, 2.24) is 25.1 Å². The second kappa shape index (κ2) is 8.79. The molecular formula is C22H19N5O2S. The topological polar surface area (TPSA) is 89.8 Å². The summed E-state index contributed by atoms with van der Waals surface area (Å²) in [6, 6.07) is 15.8. The molecule has 0 bridgehead atoms. The molecule has 30 heavy (non-hydrogen) atoms. The number of nitrogens with zero attached hydrogens (tertiary/aromatic N) is 4. The highest BCUT2D eigenvalue weighted by atomic mass is 32.1. The molecule has 0 saturated carbocycles. The Morgan fingerprint density at radius 3 is 2.60 bits per heavy atom. The van der Waals surface area contributed by atoms with Crippen molar-refractivity contribution in [2.75, 3.05) is 0 Å². The molecule has 0 spiro atoms. The molecule has 0 aliphatic carbocycles. The van der Waals surface area contributed by atoms with E-state index in [1.807, 2.05) is 35.7 Å². The SMILES string of the molecule is CC(C(=O)NCc1csc(-c2ccccc2)n1)n1nc(-c2ccncc2)ccc1=O. The lowest BCUT2D eigenvalue weighted by molar-refractivity contribution is -0.124. The van der Waals surface area contributed by atoms with Crippen LogP contribution in [0.3, 0.4) is 0 Å². The third kappa shape index (κ3) is 4.33. The molecule has 1 amide bonds. The molecular weight excluding hydrogens is 398 g/mol. The standard InChI is InChI=1S/C22H19N5O2S/c1-15(27-20(28)8-7-19(26-27)16-9-11-23-12-10-16)21(29)24-13-18-14-30-22(25-18)17-5-3-2-4-6-17/h2-12,14-15H,13H2,1H3,(H,24,29). The maximum Gasteiger partial charge on any atom is 0.267 e. The predicted octanol–water partition coefficient (Wildman–Crippen LogP) is 3.31. The van der Waals surface area contributed by atoms with Crippen LogP contribution in [0.1, 0.15) is 18.7 Å². The summed E-state index contributed by atoms with van der Waals surface area (Å²) in [7, 11) is 0. The van der Waals surface area contributed by atoms with Crippen LogP contribution in [0, 0.1) is 0 Å². The van der Waals surface area contributed by atoms with Crippen LogP contribution >= 0.6 is 11.3 Å². The van der Waals surface area contributed by atoms with Crippen LogP contribution in [0.4, 0.5) is 0 Å². The minimum absolute atomic E-state index is 0.283. The van der Waals surface area contributed by atoms with E-state index in [1.54, 1.807) is 37.5 Å². The fourth-order valence-corrected chi connectivity index (χ4v) is 3.74. The van der Waals surface area contributed by atoms with E-state index in [-0.39, 0.29) is 18.0 Å². The minimum Gasteiger partial charge on any atom is -0.349 e. The largest absolute Gasteiger partial charge is 0.349 e. The van der Waals surface area contributed by atoms with Crippen LogP contribution in [0.2, 0.25) is 0 Å². The molecule has 8 heteroatoms. The Kier molecular flexibility index (Phi) is 5.76. The Hall–Kier alpha value is -3.65. The smallest absolute Gasteiger partial charge is 0.267 e. The summed E-state index contributed by atoms with van der Waals surface area (Å²) >= 11 is 1.53. The van der Waals surface area contributed by atoms with Crippen LogP contribution < -0.4 is 10.9 Å². The zero-order valence-electron chi connectivity index (χ0n) is 16.2. The number of benzene rings is 1. The average Bonchev–Trinajstić information content (AvgIpc) is 3.28. The first-order valence-corrected chi connectivity index (χ1v) is 10.3. The minimum atomic E-state index is -0.758. The van der Waals surface area contributed by atoms with Gasteiger partial charge in [-0.3, -0.25) is 14.6 Å². The molecule has 150 valence electrons. The molecule has 4 rings (SSSR count). The van der Waals surface area contributed by atoms with Crippen molar-refractivity contribution in [1.29, 1.82) is 0 Å². The summed E-state index contributed by atoms with van der Waals surface area (Å²) in [5.41, 5.74) is 2.89. The second-order valence-electron chi connectivity index (χ2n) is 6.64. The van der Waals surface area contributed by atoms with Gasteiger partial charge in [-0.05, 0) is 25.1 Å². The number of nitrogens with one attached hydrogen (secondary N) is 1. The van der Waals surface area contributed by atoms with E-state index < -0.39 is 6.04 Å². The summed E-state index contributed by atoms with van der Waals surface area (Å²) in [6.07, 6.45) is 3.31. The van der Waals surface area contributed by atoms with Crippen molar-refractivity contribution in [3.63, 3.8) is 0 Å². The van der Waals surface area contributed by atoms with E-state index >= 15 is 0 Å². The maximum absolute atomic E-state index is 12.6. The molecule has 1 atom stereocenters. The van der Waals surface area contributed by atoms with Gasteiger partial charge in [0.2, 0.25) is 5.91 Å². The van der Waals surface area contributed by atoms with Crippen molar-refractivity contribution in [3.05, 3.63) is 88.4 Å². The van der Waals surface area contributed by atoms with Crippen LogP contribution in [-0.4, -0.2) is 25.7 Å². The Balaban J connectivity index is 1.46. The molecule has 0 radical (unpaired) electrons. The van der Waals surface area contributed by atoms with Crippen molar-refractivity contribution in [2.45, 2.75) is 19.5 Å². The van der Waals surface area contributed by atoms with Gasteiger partial charge in [0.05, 0.1) is 17.9 Å². The third-order valence-corrected chi connectivity index (χ3v) is 5.50. The van der Waals surface area contributed by atoms with Crippen molar-refractivity contribution >= 4 is 17.2 Å². The molecule has 0 saturated heterocycles. The van der Waals surface area contributed by atoms with Gasteiger partial charge in [-0.15, -0.1) is 11.3 Å². The maximum atomic E-state index is 12.6. The van der Waals surface area contributed by atoms with Gasteiger partial charge in [0.25, 0.3) is 5.56 Å². The van der Waals surface area contributed by atoms with Gasteiger partial charge in [-0.1, -0.05) is 30.3 Å². The number of hydrogen-bond donors (Lipinski definition) is 1. The molecule has 3 aromatic heterocycles. The van der Waals surface area contributed by atoms with Gasteiger partial charge in [-0.25, -0.2) is 9.67 Å². The third-order valence-electron chi connectivity index (χ3n) is 4.56. The van der Waals surface area contributed by atoms with Crippen molar-refractivity contribution in [2.24, 2.45) is 0 Å². The second-order valence-corrected chi connectivity index (χ2v) is 7.50. The summed E-state index contributed by atoms with van der Waals surface area (Å²) in [5, 5.41) is 10.0. The molecule has 0 fully saturated rings. The van der Waals surface area contributed by atoms with Gasteiger partial charge in [0.15, 0.2) is 0 Å². The lowest BCUT2D eigenvalue weighted by atomic mass is 10.2. The molecule has 1 N–H and O–H groups in total. The number of rotatable bonds is 6. The Morgan fingerprint density at radius 2 is 1.83 bits per heavy atom. The van der Waals surface area contributed by atoms with Crippen LogP contribution in [0.25, 0.3) is 21.8 Å². The predicted molar refractivity (Wildman–Crippen MR) is 116 cm³/mol. The van der Waals surface area contributed by atoms with Gasteiger partial charge in [-0.2, -0.15) is 5.10 Å². The first-order chi connectivity index (χ1) is 14.6. The number of amides is 1. The summed E-state index contributed by atoms with van der Waals surface area (Å²) in [6.45, 7) is 1.93. The van der Waals surface area contributed by atoms with E-state index in [9.17, 15) is 9.59 Å². The molecule has 1 aromatic carbocycles. The molecule has 0 aliphatic heterocycles. The molecule has 4 aromatic rings. The van der Waals surface area contributed by atoms with Crippen molar-refractivity contribution < 1.29 is 4.79 Å². The summed E-state index contributed by atoms with van der Waals surface area (Å²) in [4.78, 5) is 33.5. The van der Waals surface area contributed by atoms with E-state index in [1.165, 1.54) is 22.1 Å². The molecule has 3 heterocycles. The van der Waals surface area contributed by atoms with Crippen LogP contribution in [0.15, 0.2) is 77.2 Å². The van der Waals surface area contributed by atoms with E-state index in [4.69, 9.17) is 0 Å². The Labute approximate surface area is 177 Å². The van der Waals surface area contributed by atoms with E-state index in [2.05, 4.69) is 20.4 Å². The number of carbonyl (C=O) groups excluding carboxylic acids is 1. The zero-order valence-corrected chi connectivity index (χ0v) is 17.0. The number of pyridine rings is 1. The van der Waals surface area contributed by atoms with Crippen molar-refractivity contribution in [3.8, 4) is 21.8 Å². The van der Waals surface area contributed by atoms with Gasteiger partial charge < -0.3 is 5.32 Å². The fourth-order valence-electron chi connectivity index (χ4n) is 2.92. The fraction of sp³-hybridized carbons (Fsp3) is 0.136. The molecule has 1 unspecified atom stereocenters. The lowest BCUT2D eigenvalue weighted by Gasteiger charge is -2.14. The monoisotopic (exact) mass is 417 g/mol. The molecule has 0 aliphatic rings. The number of aromatic nitrogens is 4. The average molecular weight is 417 g/mol. The van der Waals surface area contributed by atoms with Gasteiger partial charge in [0, 0.05) is 35.0 Å². The highest BCUT2D eigenvalue weighted by Gasteiger charge is 2.18.